The van der Waals surface area contributed by atoms with Gasteiger partial charge in [-0.15, -0.1) is 0 Å². The van der Waals surface area contributed by atoms with Gasteiger partial charge >= 0.3 is 0 Å². The van der Waals surface area contributed by atoms with Gasteiger partial charge < -0.3 is 24.5 Å². The molecule has 5 rings (SSSR count). The number of benzene rings is 1. The van der Waals surface area contributed by atoms with Gasteiger partial charge in [0.1, 0.15) is 46.6 Å². The summed E-state index contributed by atoms with van der Waals surface area (Å²) in [6.45, 7) is 12.4. The quantitative estimate of drug-likeness (QED) is 0.376. The first kappa shape index (κ1) is 30.2. The Balaban J connectivity index is 1.77. The second-order valence-electron chi connectivity index (χ2n) is 11.2. The molecule has 2 aliphatic rings. The maximum atomic E-state index is 15.2. The second kappa shape index (κ2) is 11.8. The fourth-order valence-electron chi connectivity index (χ4n) is 5.63. The highest BCUT2D eigenvalue weighted by Crippen LogP contribution is 2.47. The molecule has 43 heavy (non-hydrogen) atoms. The molecule has 1 aromatic carbocycles. The molecule has 0 aliphatic carbocycles. The highest BCUT2D eigenvalue weighted by molar-refractivity contribution is 6.35. The van der Waals surface area contributed by atoms with E-state index in [1.165, 1.54) is 30.6 Å². The predicted octanol–water partition coefficient (Wildman–Crippen LogP) is 5.28. The van der Waals surface area contributed by atoms with Gasteiger partial charge in [0, 0.05) is 26.7 Å². The molecule has 0 spiro atoms. The molecule has 2 amide bonds. The molecule has 0 unspecified atom stereocenters. The lowest BCUT2D eigenvalue weighted by molar-refractivity contribution is -0.128. The number of amides is 2. The minimum absolute atomic E-state index is 0.00857. The Kier molecular flexibility index (Phi) is 8.29. The second-order valence-corrected chi connectivity index (χ2v) is 11.6. The van der Waals surface area contributed by atoms with E-state index in [2.05, 4.69) is 16.5 Å². The third-order valence-electron chi connectivity index (χ3n) is 7.79. The Morgan fingerprint density at radius 1 is 1.19 bits per heavy atom. The van der Waals surface area contributed by atoms with E-state index in [4.69, 9.17) is 21.3 Å². The van der Waals surface area contributed by atoms with E-state index in [9.17, 15) is 14.7 Å². The molecule has 0 saturated carbocycles. The van der Waals surface area contributed by atoms with E-state index in [1.54, 1.807) is 21.7 Å². The van der Waals surface area contributed by atoms with Crippen LogP contribution in [-0.4, -0.2) is 81.0 Å². The zero-order valence-electron chi connectivity index (χ0n) is 24.8. The van der Waals surface area contributed by atoms with E-state index >= 15 is 4.39 Å². The number of halogens is 2. The number of pyridine rings is 1. The number of phenols is 1. The van der Waals surface area contributed by atoms with Crippen molar-refractivity contribution in [2.45, 2.75) is 45.6 Å². The van der Waals surface area contributed by atoms with Crippen molar-refractivity contribution in [3.63, 3.8) is 0 Å². The van der Waals surface area contributed by atoms with Crippen LogP contribution in [0.2, 0.25) is 5.02 Å². The topological polar surface area (TPSA) is 112 Å². The monoisotopic (exact) mass is 608 g/mol. The molecule has 226 valence electrons. The first-order valence-electron chi connectivity index (χ1n) is 14.1. The molecule has 0 bridgehead atoms. The number of nitrogens with zero attached hydrogens (tertiary/aromatic N) is 6. The minimum Gasteiger partial charge on any atom is -0.507 e. The van der Waals surface area contributed by atoms with Crippen LogP contribution < -0.4 is 9.64 Å². The van der Waals surface area contributed by atoms with Crippen molar-refractivity contribution >= 4 is 34.9 Å². The van der Waals surface area contributed by atoms with Crippen LogP contribution in [0.25, 0.3) is 11.3 Å². The fourth-order valence-corrected chi connectivity index (χ4v) is 5.92. The van der Waals surface area contributed by atoms with Gasteiger partial charge in [0.05, 0.1) is 28.7 Å². The molecular formula is C31H34ClFN6O4. The van der Waals surface area contributed by atoms with Crippen LogP contribution in [-0.2, 0) is 4.79 Å². The smallest absolute Gasteiger partial charge is 0.261 e. The van der Waals surface area contributed by atoms with E-state index < -0.39 is 17.8 Å². The first-order chi connectivity index (χ1) is 20.5. The van der Waals surface area contributed by atoms with Crippen molar-refractivity contribution < 1.29 is 23.8 Å². The lowest BCUT2D eigenvalue weighted by Crippen LogP contribution is -2.57. The molecule has 1 fully saturated rings. The lowest BCUT2D eigenvalue weighted by atomic mass is 10.00. The van der Waals surface area contributed by atoms with Crippen molar-refractivity contribution in [1.82, 2.24) is 24.8 Å². The number of piperazine rings is 1. The first-order valence-corrected chi connectivity index (χ1v) is 14.5. The van der Waals surface area contributed by atoms with Gasteiger partial charge in [-0.2, -0.15) is 0 Å². The van der Waals surface area contributed by atoms with E-state index in [1.807, 2.05) is 27.7 Å². The zero-order chi connectivity index (χ0) is 31.2. The Morgan fingerprint density at radius 3 is 2.47 bits per heavy atom. The summed E-state index contributed by atoms with van der Waals surface area (Å²) in [4.78, 5) is 45.7. The summed E-state index contributed by atoms with van der Waals surface area (Å²) in [6.07, 6.45) is 2.76. The Morgan fingerprint density at radius 2 is 1.86 bits per heavy atom. The third-order valence-corrected chi connectivity index (χ3v) is 8.14. The largest absolute Gasteiger partial charge is 0.507 e. The summed E-state index contributed by atoms with van der Waals surface area (Å²) in [5, 5.41) is 10.6. The van der Waals surface area contributed by atoms with Crippen LogP contribution >= 0.6 is 11.6 Å². The van der Waals surface area contributed by atoms with Gasteiger partial charge in [-0.25, -0.2) is 19.3 Å². The number of carbonyl (C=O) groups is 2. The number of aromatic nitrogens is 3. The van der Waals surface area contributed by atoms with E-state index in [-0.39, 0.29) is 76.6 Å². The third kappa shape index (κ3) is 5.26. The highest BCUT2D eigenvalue weighted by Gasteiger charge is 2.41. The van der Waals surface area contributed by atoms with Crippen LogP contribution in [0.4, 0.5) is 15.9 Å². The molecule has 10 nitrogen and oxygen atoms in total. The van der Waals surface area contributed by atoms with Gasteiger partial charge in [0.15, 0.2) is 5.75 Å². The molecule has 1 saturated heterocycles. The number of hydrogen-bond acceptors (Lipinski definition) is 8. The number of ether oxygens (including phenoxy) is 1. The Hall–Kier alpha value is -4.25. The number of carbonyl (C=O) groups excluding carboxylic acids is 2. The predicted molar refractivity (Wildman–Crippen MR) is 162 cm³/mol. The summed E-state index contributed by atoms with van der Waals surface area (Å²) in [6, 6.07) is 3.42. The molecule has 2 aromatic heterocycles. The number of phenolic OH excluding ortho intramolecular Hbond substituents is 1. The standard InChI is InChI=1S/C31H34ClFN6O4/c1-7-21(41)38-11-12-39-18(13-38)14-43-29-23(31(39)42)30(36-27(24(29)32)22-19(33)9-8-10-20(22)40)37(6)28-25(16(2)3)34-15-35-26(28)17(4)5/h7-10,15-18,40H,1,11-14H2,2-6H3/t18-/m1/s1. The van der Waals surface area contributed by atoms with Gasteiger partial charge in [0.2, 0.25) is 5.91 Å². The minimum atomic E-state index is -0.743. The molecular weight excluding hydrogens is 575 g/mol. The number of rotatable bonds is 6. The maximum absolute atomic E-state index is 15.2. The van der Waals surface area contributed by atoms with Crippen molar-refractivity contribution in [1.29, 1.82) is 0 Å². The SMILES string of the molecule is C=CC(=O)N1CCN2C(=O)c3c(N(C)c4c(C(C)C)ncnc4C(C)C)nc(-c4c(O)cccc4F)c(Cl)c3OC[C@H]2C1. The van der Waals surface area contributed by atoms with Crippen molar-refractivity contribution in [3.05, 3.63) is 65.0 Å². The van der Waals surface area contributed by atoms with Crippen molar-refractivity contribution in [3.8, 4) is 22.8 Å². The average molecular weight is 609 g/mol. The molecule has 0 radical (unpaired) electrons. The molecule has 1 N–H and O–H groups in total. The molecule has 3 aromatic rings. The molecule has 12 heteroatoms. The number of anilines is 2. The lowest BCUT2D eigenvalue weighted by Gasteiger charge is -2.39. The Labute approximate surface area is 254 Å². The Bertz CT molecular complexity index is 1570. The zero-order valence-corrected chi connectivity index (χ0v) is 25.5. The van der Waals surface area contributed by atoms with Crippen molar-refractivity contribution in [2.24, 2.45) is 0 Å². The number of hydrogen-bond donors (Lipinski definition) is 1. The average Bonchev–Trinajstić information content (AvgIpc) is 3.13. The van der Waals surface area contributed by atoms with E-state index in [0.29, 0.717) is 12.2 Å². The van der Waals surface area contributed by atoms with Crippen molar-refractivity contribution in [2.75, 3.05) is 38.2 Å². The summed E-state index contributed by atoms with van der Waals surface area (Å²) < 4.78 is 21.5. The normalized spacial score (nSPS) is 16.5. The van der Waals surface area contributed by atoms with Gasteiger partial charge in [-0.1, -0.05) is 51.9 Å². The summed E-state index contributed by atoms with van der Waals surface area (Å²) in [7, 11) is 1.74. The van der Waals surface area contributed by atoms with Gasteiger partial charge in [0.25, 0.3) is 5.91 Å². The molecule has 2 aliphatic heterocycles. The fraction of sp³-hybridized carbons (Fsp3) is 0.387. The van der Waals surface area contributed by atoms with Crippen LogP contribution in [0.15, 0.2) is 37.2 Å². The maximum Gasteiger partial charge on any atom is 0.261 e. The van der Waals surface area contributed by atoms with Crippen LogP contribution in [0, 0.1) is 5.82 Å². The van der Waals surface area contributed by atoms with E-state index in [0.717, 1.165) is 11.4 Å². The highest BCUT2D eigenvalue weighted by atomic mass is 35.5. The number of fused-ring (bicyclic) bond motifs is 2. The molecule has 4 heterocycles. The van der Waals surface area contributed by atoms with Crippen LogP contribution in [0.1, 0.15) is 61.3 Å². The molecule has 1 atom stereocenters. The van der Waals surface area contributed by atoms with Crippen LogP contribution in [0.3, 0.4) is 0 Å². The summed E-state index contributed by atoms with van der Waals surface area (Å²) >= 11 is 6.87. The van der Waals surface area contributed by atoms with Gasteiger partial charge in [-0.3, -0.25) is 9.59 Å². The summed E-state index contributed by atoms with van der Waals surface area (Å²) in [5.41, 5.74) is 1.91. The summed E-state index contributed by atoms with van der Waals surface area (Å²) in [5.74, 6) is -1.59. The van der Waals surface area contributed by atoms with Gasteiger partial charge in [-0.05, 0) is 30.0 Å². The van der Waals surface area contributed by atoms with Crippen LogP contribution in [0.5, 0.6) is 11.5 Å². The number of aromatic hydroxyl groups is 1.